The van der Waals surface area contributed by atoms with E-state index in [0.717, 1.165) is 24.5 Å². The van der Waals surface area contributed by atoms with Crippen molar-refractivity contribution in [2.24, 2.45) is 0 Å². The third-order valence-corrected chi connectivity index (χ3v) is 9.01. The van der Waals surface area contributed by atoms with Gasteiger partial charge >= 0.3 is 5.97 Å². The van der Waals surface area contributed by atoms with Crippen molar-refractivity contribution < 1.29 is 32.9 Å². The number of carboxylic acids is 1. The number of benzene rings is 2. The average Bonchev–Trinajstić information content (AvgIpc) is 3.42. The molecule has 2 aromatic carbocycles. The van der Waals surface area contributed by atoms with Crippen LogP contribution in [-0.4, -0.2) is 57.5 Å². The van der Waals surface area contributed by atoms with Crippen LogP contribution in [0.3, 0.4) is 0 Å². The van der Waals surface area contributed by atoms with Gasteiger partial charge in [0.2, 0.25) is 0 Å². The number of nitrogens with zero attached hydrogens (tertiary/aromatic N) is 3. The van der Waals surface area contributed by atoms with Gasteiger partial charge in [0.25, 0.3) is 0 Å². The first kappa shape index (κ1) is 33.6. The van der Waals surface area contributed by atoms with E-state index in [9.17, 15) is 14.3 Å². The van der Waals surface area contributed by atoms with Crippen molar-refractivity contribution >= 4 is 17.4 Å². The van der Waals surface area contributed by atoms with Gasteiger partial charge in [0.1, 0.15) is 28.8 Å². The van der Waals surface area contributed by atoms with Gasteiger partial charge in [0, 0.05) is 49.0 Å². The van der Waals surface area contributed by atoms with E-state index < -0.39 is 29.3 Å². The van der Waals surface area contributed by atoms with Gasteiger partial charge in [-0.2, -0.15) is 0 Å². The molecule has 1 fully saturated rings. The highest BCUT2D eigenvalue weighted by molar-refractivity contribution is 5.80. The molecule has 0 saturated carbocycles. The van der Waals surface area contributed by atoms with Gasteiger partial charge in [-0.1, -0.05) is 30.4 Å². The Morgan fingerprint density at radius 1 is 1.10 bits per heavy atom. The molecule has 5 heterocycles. The summed E-state index contributed by atoms with van der Waals surface area (Å²) < 4.78 is 50.6. The van der Waals surface area contributed by atoms with Gasteiger partial charge in [-0.25, -0.2) is 18.6 Å². The normalized spacial score (nSPS) is 21.5. The molecule has 0 unspecified atom stereocenters. The van der Waals surface area contributed by atoms with E-state index in [2.05, 4.69) is 11.8 Å². The molecule has 6 bridgehead atoms. The maximum Gasteiger partial charge on any atom is 0.337 e. The molecular weight excluding hydrogens is 616 g/mol. The Balaban J connectivity index is 1.56. The fraction of sp³-hybridized carbons (Fsp3) is 0.421. The van der Waals surface area contributed by atoms with Crippen molar-refractivity contribution in [3.63, 3.8) is 0 Å². The summed E-state index contributed by atoms with van der Waals surface area (Å²) >= 11 is 0. The first-order valence-corrected chi connectivity index (χ1v) is 16.4. The quantitative estimate of drug-likeness (QED) is 0.222. The summed E-state index contributed by atoms with van der Waals surface area (Å²) in [6.07, 6.45) is 6.20. The monoisotopic (exact) mass is 659 g/mol. The van der Waals surface area contributed by atoms with Gasteiger partial charge in [0.05, 0.1) is 35.2 Å². The number of aliphatic carboxylic acids is 1. The second kappa shape index (κ2) is 13.0. The maximum absolute atomic E-state index is 15.5. The Kier molecular flexibility index (Phi) is 9.08. The van der Waals surface area contributed by atoms with E-state index in [1.54, 1.807) is 12.1 Å². The zero-order valence-corrected chi connectivity index (χ0v) is 28.3. The number of ether oxygens (including phenoxy) is 3. The highest BCUT2D eigenvalue weighted by Crippen LogP contribution is 2.41. The van der Waals surface area contributed by atoms with Crippen LogP contribution in [0, 0.1) is 18.6 Å². The number of rotatable bonds is 3. The minimum Gasteiger partial charge on any atom is -0.490 e. The summed E-state index contributed by atoms with van der Waals surface area (Å²) in [4.78, 5) is 20.0. The van der Waals surface area contributed by atoms with Crippen LogP contribution in [0.1, 0.15) is 71.1 Å². The summed E-state index contributed by atoms with van der Waals surface area (Å²) in [6, 6.07) is 11.2. The van der Waals surface area contributed by atoms with Crippen LogP contribution in [0.2, 0.25) is 0 Å². The van der Waals surface area contributed by atoms with Crippen LogP contribution >= 0.6 is 0 Å². The van der Waals surface area contributed by atoms with Crippen molar-refractivity contribution in [1.29, 1.82) is 0 Å². The molecule has 254 valence electrons. The highest BCUT2D eigenvalue weighted by Gasteiger charge is 2.37. The number of aryl methyl sites for hydroxylation is 1. The van der Waals surface area contributed by atoms with Crippen LogP contribution in [0.15, 0.2) is 60.8 Å². The molecule has 0 amide bonds. The lowest BCUT2D eigenvalue weighted by Gasteiger charge is -2.41. The van der Waals surface area contributed by atoms with Gasteiger partial charge in [-0.05, 0) is 77.6 Å². The zero-order valence-electron chi connectivity index (χ0n) is 28.3. The molecule has 10 heteroatoms. The van der Waals surface area contributed by atoms with Gasteiger partial charge in [-0.3, -0.25) is 4.40 Å². The number of aromatic nitrogens is 2. The Bertz CT molecular complexity index is 1870. The van der Waals surface area contributed by atoms with Gasteiger partial charge in [-0.15, -0.1) is 0 Å². The van der Waals surface area contributed by atoms with E-state index in [0.29, 0.717) is 60.0 Å². The van der Waals surface area contributed by atoms with E-state index in [1.807, 2.05) is 75.6 Å². The third-order valence-electron chi connectivity index (χ3n) is 9.01. The second-order valence-corrected chi connectivity index (χ2v) is 14.1. The Morgan fingerprint density at radius 3 is 2.54 bits per heavy atom. The summed E-state index contributed by atoms with van der Waals surface area (Å²) in [5.41, 5.74) is 2.85. The average molecular weight is 660 g/mol. The minimum absolute atomic E-state index is 0.116. The minimum atomic E-state index is -1.22. The van der Waals surface area contributed by atoms with Gasteiger partial charge < -0.3 is 24.2 Å². The number of pyridine rings is 1. The summed E-state index contributed by atoms with van der Waals surface area (Å²) in [6.45, 7) is 13.1. The van der Waals surface area contributed by atoms with Crippen molar-refractivity contribution in [2.45, 2.75) is 84.2 Å². The molecule has 2 atom stereocenters. The second-order valence-electron chi connectivity index (χ2n) is 14.1. The molecule has 0 spiro atoms. The van der Waals surface area contributed by atoms with Crippen molar-refractivity contribution in [1.82, 2.24) is 9.38 Å². The molecular formula is C38H43F2N3O5. The molecule has 2 aromatic heterocycles. The molecule has 3 aliphatic rings. The summed E-state index contributed by atoms with van der Waals surface area (Å²) in [7, 11) is 0. The highest BCUT2D eigenvalue weighted by atomic mass is 19.1. The van der Waals surface area contributed by atoms with E-state index in [4.69, 9.17) is 19.2 Å². The van der Waals surface area contributed by atoms with Crippen molar-refractivity contribution in [3.8, 4) is 28.1 Å². The van der Waals surface area contributed by atoms with Crippen LogP contribution in [0.25, 0.3) is 28.0 Å². The zero-order chi connectivity index (χ0) is 34.4. The smallest absolute Gasteiger partial charge is 0.337 e. The lowest BCUT2D eigenvalue weighted by atomic mass is 9.92. The Hall–Kier alpha value is -4.28. The molecule has 1 saturated heterocycles. The Morgan fingerprint density at radius 2 is 1.83 bits per heavy atom. The predicted molar refractivity (Wildman–Crippen MR) is 182 cm³/mol. The van der Waals surface area contributed by atoms with Crippen LogP contribution < -0.4 is 9.64 Å². The van der Waals surface area contributed by atoms with E-state index in [1.165, 1.54) is 6.07 Å². The largest absolute Gasteiger partial charge is 0.490 e. The number of hydrogen-bond acceptors (Lipinski definition) is 6. The molecule has 1 N–H and O–H groups in total. The maximum atomic E-state index is 15.5. The van der Waals surface area contributed by atoms with E-state index >= 15 is 4.39 Å². The topological polar surface area (TPSA) is 85.5 Å². The standard InChI is InChI=1S/C38H43F2N3O5/c1-23-18-31-41-29-22-43(31)35(32(23)34(36(44)45)48-37(3,4)5)42-15-13-38(6,14-16-42)46-17-8-7-10-24(2)47-30-21-27(39)20-28(40)33(30)26-12-9-11-25(29)19-26/h7-9,11-12,18-22,24,34H,10,13-17H2,1-6H3,(H,44,45)/b8-7+/t24-,34+/m1/s1. The first-order valence-electron chi connectivity index (χ1n) is 16.4. The number of imidazole rings is 1. The van der Waals surface area contributed by atoms with Crippen molar-refractivity contribution in [3.05, 3.63) is 83.6 Å². The SMILES string of the molecule is Cc1cc2nc3cn2c(c1[C@H](OC(C)(C)C)C(=O)O)N1CCC(C)(CC1)OC/C=C/C[C@@H](C)Oc1cc(F)cc(F)c1-c1cccc-3c1. The number of hydrogen-bond donors (Lipinski definition) is 1. The number of fused-ring (bicyclic) bond motifs is 7. The van der Waals surface area contributed by atoms with Crippen LogP contribution in [0.5, 0.6) is 5.75 Å². The molecule has 0 radical (unpaired) electrons. The lowest BCUT2D eigenvalue weighted by molar-refractivity contribution is -0.160. The molecule has 0 aliphatic carbocycles. The number of carbonyl (C=O) groups is 1. The summed E-state index contributed by atoms with van der Waals surface area (Å²) in [5.74, 6) is -1.70. The molecule has 8 nitrogen and oxygen atoms in total. The lowest BCUT2D eigenvalue weighted by Crippen LogP contribution is -2.45. The fourth-order valence-electron chi connectivity index (χ4n) is 6.58. The molecule has 48 heavy (non-hydrogen) atoms. The van der Waals surface area contributed by atoms with Gasteiger partial charge in [0.15, 0.2) is 6.10 Å². The number of anilines is 1. The van der Waals surface area contributed by atoms with E-state index in [-0.39, 0.29) is 23.0 Å². The summed E-state index contributed by atoms with van der Waals surface area (Å²) in [5, 5.41) is 10.5. The fourth-order valence-corrected chi connectivity index (χ4v) is 6.58. The van der Waals surface area contributed by atoms with Crippen molar-refractivity contribution in [2.75, 3.05) is 24.6 Å². The Labute approximate surface area is 280 Å². The number of carboxylic acid groups (broad SMARTS) is 1. The molecule has 3 aliphatic heterocycles. The first-order chi connectivity index (χ1) is 22.7. The predicted octanol–water partition coefficient (Wildman–Crippen LogP) is 8.30. The van der Waals surface area contributed by atoms with Crippen LogP contribution in [-0.2, 0) is 14.3 Å². The number of halogens is 2. The molecule has 4 aromatic rings. The number of piperidine rings is 1. The third kappa shape index (κ3) is 6.96. The van der Waals surface area contributed by atoms with Crippen LogP contribution in [0.4, 0.5) is 14.6 Å². The molecule has 7 rings (SSSR count).